The van der Waals surface area contributed by atoms with E-state index in [4.69, 9.17) is 56.6 Å². The molecule has 7 nitrogen and oxygen atoms in total. The van der Waals surface area contributed by atoms with Crippen LogP contribution in [0.25, 0.3) is 46.0 Å². The second kappa shape index (κ2) is 15.2. The van der Waals surface area contributed by atoms with Crippen LogP contribution < -0.4 is 0 Å². The molecule has 8 rings (SSSR count). The van der Waals surface area contributed by atoms with Gasteiger partial charge in [-0.1, -0.05) is 102 Å². The van der Waals surface area contributed by atoms with Crippen LogP contribution in [0.3, 0.4) is 0 Å². The first-order valence-electron chi connectivity index (χ1n) is 17.7. The highest BCUT2D eigenvalue weighted by Crippen LogP contribution is 2.43. The van der Waals surface area contributed by atoms with Crippen LogP contribution in [0.5, 0.6) is 0 Å². The smallest absolute Gasteiger partial charge is 0.282 e. The summed E-state index contributed by atoms with van der Waals surface area (Å²) in [7, 11) is -4.38. The zero-order chi connectivity index (χ0) is 37.6. The van der Waals surface area contributed by atoms with E-state index in [1.54, 1.807) is 35.0 Å². The predicted octanol–water partition coefficient (Wildman–Crippen LogP) is 12.1. The molecule has 2 aliphatic rings. The van der Waals surface area contributed by atoms with Gasteiger partial charge < -0.3 is 0 Å². The maximum atomic E-state index is 12.0. The highest BCUT2D eigenvalue weighted by atomic mass is 35.5. The van der Waals surface area contributed by atoms with Gasteiger partial charge in [0, 0.05) is 45.1 Å². The minimum absolute atomic E-state index is 0.165. The maximum Gasteiger partial charge on any atom is 0.294 e. The van der Waals surface area contributed by atoms with Gasteiger partial charge in [0.15, 0.2) is 0 Å². The summed E-state index contributed by atoms with van der Waals surface area (Å²) >= 11 is 25.6. The lowest BCUT2D eigenvalue weighted by molar-refractivity contribution is 0.483. The molecule has 0 unspecified atom stereocenters. The molecule has 0 spiro atoms. The van der Waals surface area contributed by atoms with Gasteiger partial charge in [-0.05, 0) is 97.5 Å². The monoisotopic (exact) mass is 814 g/mol. The van der Waals surface area contributed by atoms with Crippen molar-refractivity contribution in [2.75, 3.05) is 0 Å². The van der Waals surface area contributed by atoms with Gasteiger partial charge in [-0.25, -0.2) is 9.36 Å². The minimum atomic E-state index is -4.38. The molecule has 274 valence electrons. The van der Waals surface area contributed by atoms with Crippen molar-refractivity contribution in [3.05, 3.63) is 145 Å². The van der Waals surface area contributed by atoms with Crippen molar-refractivity contribution in [2.45, 2.75) is 56.3 Å². The van der Waals surface area contributed by atoms with E-state index in [-0.39, 0.29) is 4.90 Å². The topological polar surface area (TPSA) is 90.0 Å². The molecular formula is C42H34Cl4N4O3S. The summed E-state index contributed by atoms with van der Waals surface area (Å²) in [6.07, 6.45) is 16.2. The molecule has 2 aliphatic carbocycles. The molecule has 0 atom stereocenters. The Bertz CT molecular complexity index is 2610. The SMILES string of the molecule is O=S(=O)(O)c1ccc2c(c1)-c1c(c(/C=C/CCCCCC/C=C/c3nn(-c4ccc(Cl)cc4Cl)c4c3Cc3ccccc3-4)nn1-c1ccc(Cl)cc1Cl)C2. The molecule has 12 heteroatoms. The number of allylic oxidation sites excluding steroid dienone is 2. The lowest BCUT2D eigenvalue weighted by Crippen LogP contribution is -2.02. The molecule has 0 radical (unpaired) electrons. The Labute approximate surface area is 334 Å². The van der Waals surface area contributed by atoms with Crippen molar-refractivity contribution in [2.24, 2.45) is 0 Å². The van der Waals surface area contributed by atoms with E-state index in [1.807, 2.05) is 22.9 Å². The minimum Gasteiger partial charge on any atom is -0.282 e. The van der Waals surface area contributed by atoms with Gasteiger partial charge in [-0.3, -0.25) is 4.55 Å². The van der Waals surface area contributed by atoms with Crippen LogP contribution in [-0.4, -0.2) is 32.5 Å². The van der Waals surface area contributed by atoms with Crippen molar-refractivity contribution in [1.29, 1.82) is 0 Å². The average Bonchev–Trinajstić information content (AvgIpc) is 3.88. The van der Waals surface area contributed by atoms with Gasteiger partial charge in [0.1, 0.15) is 0 Å². The summed E-state index contributed by atoms with van der Waals surface area (Å²) in [5.74, 6) is 0. The Morgan fingerprint density at radius 3 is 1.69 bits per heavy atom. The van der Waals surface area contributed by atoms with E-state index >= 15 is 0 Å². The van der Waals surface area contributed by atoms with Crippen molar-refractivity contribution in [1.82, 2.24) is 19.6 Å². The van der Waals surface area contributed by atoms with E-state index in [2.05, 4.69) is 42.5 Å². The number of hydrogen-bond donors (Lipinski definition) is 1. The Balaban J connectivity index is 0.903. The summed E-state index contributed by atoms with van der Waals surface area (Å²) in [6.45, 7) is 0. The van der Waals surface area contributed by atoms with Crippen LogP contribution >= 0.6 is 46.4 Å². The molecule has 2 heterocycles. The first-order valence-corrected chi connectivity index (χ1v) is 20.7. The Kier molecular flexibility index (Phi) is 10.3. The first kappa shape index (κ1) is 36.8. The van der Waals surface area contributed by atoms with Crippen molar-refractivity contribution >= 4 is 68.7 Å². The van der Waals surface area contributed by atoms with Crippen LogP contribution in [0.15, 0.2) is 95.9 Å². The first-order chi connectivity index (χ1) is 26.1. The molecule has 2 aromatic heterocycles. The number of hydrogen-bond acceptors (Lipinski definition) is 4. The third kappa shape index (κ3) is 7.19. The summed E-state index contributed by atoms with van der Waals surface area (Å²) < 4.78 is 37.4. The molecule has 0 saturated carbocycles. The Morgan fingerprint density at radius 2 is 1.15 bits per heavy atom. The third-order valence-electron chi connectivity index (χ3n) is 9.99. The van der Waals surface area contributed by atoms with Crippen molar-refractivity contribution < 1.29 is 13.0 Å². The van der Waals surface area contributed by atoms with E-state index in [1.165, 1.54) is 28.8 Å². The predicted molar refractivity (Wildman–Crippen MR) is 219 cm³/mol. The van der Waals surface area contributed by atoms with Crippen LogP contribution in [-0.2, 0) is 23.0 Å². The fourth-order valence-electron chi connectivity index (χ4n) is 7.40. The molecule has 0 amide bonds. The number of halogens is 4. The van der Waals surface area contributed by atoms with Crippen LogP contribution in [0.2, 0.25) is 20.1 Å². The molecule has 6 aromatic rings. The number of nitrogens with zero attached hydrogens (tertiary/aromatic N) is 4. The van der Waals surface area contributed by atoms with Gasteiger partial charge in [0.05, 0.1) is 49.1 Å². The molecule has 0 fully saturated rings. The quantitative estimate of drug-likeness (QED) is 0.0980. The van der Waals surface area contributed by atoms with E-state index in [0.29, 0.717) is 37.8 Å². The lowest BCUT2D eigenvalue weighted by atomic mass is 10.1. The zero-order valence-electron chi connectivity index (χ0n) is 28.9. The zero-order valence-corrected chi connectivity index (χ0v) is 32.8. The van der Waals surface area contributed by atoms with Gasteiger partial charge in [0.2, 0.25) is 0 Å². The molecule has 54 heavy (non-hydrogen) atoms. The van der Waals surface area contributed by atoms with Crippen LogP contribution in [0.1, 0.15) is 72.2 Å². The van der Waals surface area contributed by atoms with E-state index in [9.17, 15) is 13.0 Å². The van der Waals surface area contributed by atoms with Gasteiger partial charge in [-0.15, -0.1) is 0 Å². The fraction of sp³-hybridized carbons (Fsp3) is 0.190. The highest BCUT2D eigenvalue weighted by molar-refractivity contribution is 7.85. The van der Waals surface area contributed by atoms with Crippen LogP contribution in [0, 0.1) is 0 Å². The third-order valence-corrected chi connectivity index (χ3v) is 11.9. The second-order valence-corrected chi connectivity index (χ2v) is 16.6. The fourth-order valence-corrected chi connectivity index (χ4v) is 8.89. The van der Waals surface area contributed by atoms with E-state index < -0.39 is 10.1 Å². The highest BCUT2D eigenvalue weighted by Gasteiger charge is 2.30. The normalized spacial score (nSPS) is 13.2. The molecule has 0 bridgehead atoms. The lowest BCUT2D eigenvalue weighted by Gasteiger charge is -2.10. The van der Waals surface area contributed by atoms with E-state index in [0.717, 1.165) is 84.5 Å². The Morgan fingerprint density at radius 1 is 0.630 bits per heavy atom. The number of rotatable bonds is 12. The number of benzene rings is 4. The van der Waals surface area contributed by atoms with Gasteiger partial charge >= 0.3 is 0 Å². The summed E-state index contributed by atoms with van der Waals surface area (Å²) in [6, 6.07) is 23.8. The van der Waals surface area contributed by atoms with Crippen LogP contribution in [0.4, 0.5) is 0 Å². The van der Waals surface area contributed by atoms with Gasteiger partial charge in [-0.2, -0.15) is 18.6 Å². The summed E-state index contributed by atoms with van der Waals surface area (Å²) in [5, 5.41) is 12.0. The molecule has 0 saturated heterocycles. The molecule has 1 N–H and O–H groups in total. The summed E-state index contributed by atoms with van der Waals surface area (Å²) in [5.41, 5.74) is 11.3. The summed E-state index contributed by atoms with van der Waals surface area (Å²) in [4.78, 5) is -0.165. The molecular weight excluding hydrogens is 782 g/mol. The average molecular weight is 817 g/mol. The van der Waals surface area contributed by atoms with Gasteiger partial charge in [0.25, 0.3) is 10.1 Å². The standard InChI is InChI=1S/C42H34Cl4N4O3S/c43-28-16-19-39(35(45)23-28)49-41-31-12-10-9-11-26(31)21-33(41)37(47-49)13-7-5-3-1-2-4-6-8-14-38-34-22-27-15-18-30(54(51,52)53)25-32(27)42(34)50(48-38)40-20-17-29(44)24-36(40)46/h7-20,23-25H,1-6,21-22H2,(H,51,52,53)/b13-7+,14-8+. The number of unbranched alkanes of at least 4 members (excludes halogenated alkanes) is 5. The van der Waals surface area contributed by atoms with Crippen molar-refractivity contribution in [3.8, 4) is 33.9 Å². The molecule has 0 aliphatic heterocycles. The largest absolute Gasteiger partial charge is 0.294 e. The number of aromatic nitrogens is 4. The molecule has 4 aromatic carbocycles. The number of fused-ring (bicyclic) bond motifs is 6. The Hall–Kier alpha value is -4.15. The maximum absolute atomic E-state index is 12.0. The van der Waals surface area contributed by atoms with Crippen molar-refractivity contribution in [3.63, 3.8) is 0 Å². The second-order valence-electron chi connectivity index (χ2n) is 13.5.